The van der Waals surface area contributed by atoms with Gasteiger partial charge in [-0.3, -0.25) is 0 Å². The van der Waals surface area contributed by atoms with Crippen LogP contribution in [0.5, 0.6) is 0 Å². The molecule has 2 unspecified atom stereocenters. The van der Waals surface area contributed by atoms with Crippen molar-refractivity contribution in [3.63, 3.8) is 0 Å². The van der Waals surface area contributed by atoms with Gasteiger partial charge in [-0.2, -0.15) is 17.4 Å². The Bertz CT molecular complexity index is 278. The third-order valence-electron chi connectivity index (χ3n) is 2.13. The first-order valence-corrected chi connectivity index (χ1v) is 7.41. The smallest absolute Gasteiger partial charge is 0.199 e. The normalized spacial score (nSPS) is 17.1. The molecule has 0 aromatic carbocycles. The molecule has 0 rings (SSSR count). The van der Waals surface area contributed by atoms with Crippen molar-refractivity contribution < 1.29 is 8.42 Å². The molecule has 2 atom stereocenters. The lowest BCUT2D eigenvalue weighted by atomic mass is 10.2. The second-order valence-corrected chi connectivity index (χ2v) is 7.48. The van der Waals surface area contributed by atoms with E-state index in [-0.39, 0.29) is 12.1 Å². The third kappa shape index (κ3) is 5.85. The number of halogens is 1. The minimum Gasteiger partial charge on any atom is -0.199 e. The van der Waals surface area contributed by atoms with E-state index in [9.17, 15) is 8.42 Å². The molecule has 0 saturated carbocycles. The van der Waals surface area contributed by atoms with E-state index in [1.165, 1.54) is 4.31 Å². The number of nitrogens with zero attached hydrogens (tertiary/aromatic N) is 1. The molecule has 0 aliphatic rings. The van der Waals surface area contributed by atoms with Crippen LogP contribution in [0.4, 0.5) is 0 Å². The lowest BCUT2D eigenvalue weighted by Crippen LogP contribution is -2.45. The van der Waals surface area contributed by atoms with Gasteiger partial charge in [-0.05, 0) is 27.2 Å². The molecule has 92 valence electrons. The molecule has 0 bridgehead atoms. The summed E-state index contributed by atoms with van der Waals surface area (Å²) in [6.07, 6.45) is 0.769. The summed E-state index contributed by atoms with van der Waals surface area (Å²) in [4.78, 5) is 0.305. The van der Waals surface area contributed by atoms with Crippen LogP contribution in [-0.4, -0.2) is 36.7 Å². The molecule has 4 nitrogen and oxygen atoms in total. The van der Waals surface area contributed by atoms with Crippen LogP contribution in [0, 0.1) is 0 Å². The standard InChI is InChI=1S/C9H21BrN2O2S/c1-7(2)12(5)15(13,14)11-9(4)6-8(3)10/h7-9,11H,6H2,1-5H3. The third-order valence-corrected chi connectivity index (χ3v) is 4.39. The summed E-state index contributed by atoms with van der Waals surface area (Å²) in [6.45, 7) is 7.55. The second-order valence-electron chi connectivity index (χ2n) is 4.15. The van der Waals surface area contributed by atoms with Gasteiger partial charge in [-0.1, -0.05) is 22.9 Å². The van der Waals surface area contributed by atoms with Gasteiger partial charge < -0.3 is 0 Å². The predicted molar refractivity (Wildman–Crippen MR) is 67.4 cm³/mol. The quantitative estimate of drug-likeness (QED) is 0.760. The molecule has 6 heteroatoms. The molecule has 0 aromatic heterocycles. The molecule has 1 N–H and O–H groups in total. The van der Waals surface area contributed by atoms with Crippen molar-refractivity contribution in [3.05, 3.63) is 0 Å². The zero-order chi connectivity index (χ0) is 12.2. The molecule has 0 spiro atoms. The molecule has 0 heterocycles. The zero-order valence-electron chi connectivity index (χ0n) is 9.99. The first-order valence-electron chi connectivity index (χ1n) is 5.06. The van der Waals surface area contributed by atoms with Crippen LogP contribution in [0.2, 0.25) is 0 Å². The summed E-state index contributed by atoms with van der Waals surface area (Å²) in [5, 5.41) is 0. The predicted octanol–water partition coefficient (Wildman–Crippen LogP) is 1.72. The maximum absolute atomic E-state index is 11.8. The maximum atomic E-state index is 11.8. The Kier molecular flexibility index (Phi) is 6.32. The van der Waals surface area contributed by atoms with Gasteiger partial charge in [0.05, 0.1) is 0 Å². The Morgan fingerprint density at radius 3 is 2.07 bits per heavy atom. The monoisotopic (exact) mass is 300 g/mol. The summed E-state index contributed by atoms with van der Waals surface area (Å²) < 4.78 is 27.5. The fourth-order valence-corrected chi connectivity index (χ4v) is 3.04. The zero-order valence-corrected chi connectivity index (χ0v) is 12.4. The lowest BCUT2D eigenvalue weighted by Gasteiger charge is -2.24. The van der Waals surface area contributed by atoms with Gasteiger partial charge in [-0.25, -0.2) is 0 Å². The van der Waals surface area contributed by atoms with Crippen LogP contribution < -0.4 is 4.72 Å². The number of hydrogen-bond acceptors (Lipinski definition) is 2. The van der Waals surface area contributed by atoms with Crippen molar-refractivity contribution in [2.45, 2.75) is 51.0 Å². The summed E-state index contributed by atoms with van der Waals surface area (Å²) >= 11 is 3.40. The Morgan fingerprint density at radius 1 is 1.27 bits per heavy atom. The van der Waals surface area contributed by atoms with E-state index in [0.717, 1.165) is 6.42 Å². The van der Waals surface area contributed by atoms with Crippen LogP contribution in [0.1, 0.15) is 34.1 Å². The minimum absolute atomic E-state index is 0.0314. The van der Waals surface area contributed by atoms with E-state index in [0.29, 0.717) is 4.83 Å². The van der Waals surface area contributed by atoms with Gasteiger partial charge >= 0.3 is 0 Å². The summed E-state index contributed by atoms with van der Waals surface area (Å²) in [5.74, 6) is 0. The Morgan fingerprint density at radius 2 is 1.73 bits per heavy atom. The largest absolute Gasteiger partial charge is 0.279 e. The number of alkyl halides is 1. The second kappa shape index (κ2) is 6.18. The van der Waals surface area contributed by atoms with Crippen molar-refractivity contribution in [1.29, 1.82) is 0 Å². The summed E-state index contributed by atoms with van der Waals surface area (Å²) in [7, 11) is -1.76. The Balaban J connectivity index is 4.38. The molecule has 0 amide bonds. The Hall–Kier alpha value is 0.350. The van der Waals surface area contributed by atoms with Gasteiger partial charge in [0.25, 0.3) is 10.2 Å². The van der Waals surface area contributed by atoms with Crippen LogP contribution >= 0.6 is 15.9 Å². The van der Waals surface area contributed by atoms with Crippen LogP contribution in [0.15, 0.2) is 0 Å². The molecule has 0 aliphatic carbocycles. The van der Waals surface area contributed by atoms with Crippen molar-refractivity contribution in [2.75, 3.05) is 7.05 Å². The highest BCUT2D eigenvalue weighted by Gasteiger charge is 2.22. The number of rotatable bonds is 6. The van der Waals surface area contributed by atoms with E-state index >= 15 is 0 Å². The molecule has 0 aliphatic heterocycles. The van der Waals surface area contributed by atoms with Crippen molar-refractivity contribution in [3.8, 4) is 0 Å². The highest BCUT2D eigenvalue weighted by atomic mass is 79.9. The average Bonchev–Trinajstić information content (AvgIpc) is 1.99. The average molecular weight is 301 g/mol. The van der Waals surface area contributed by atoms with E-state index in [4.69, 9.17) is 0 Å². The van der Waals surface area contributed by atoms with Crippen LogP contribution in [-0.2, 0) is 10.2 Å². The molecule has 0 radical (unpaired) electrons. The molecular weight excluding hydrogens is 280 g/mol. The number of hydrogen-bond donors (Lipinski definition) is 1. The first-order chi connectivity index (χ1) is 6.66. The van der Waals surface area contributed by atoms with Crippen LogP contribution in [0.25, 0.3) is 0 Å². The maximum Gasteiger partial charge on any atom is 0.279 e. The van der Waals surface area contributed by atoms with Crippen molar-refractivity contribution >= 4 is 26.1 Å². The number of nitrogens with one attached hydrogen (secondary N) is 1. The van der Waals surface area contributed by atoms with Gasteiger partial charge in [0.15, 0.2) is 0 Å². The SMILES string of the molecule is CC(Br)CC(C)NS(=O)(=O)N(C)C(C)C. The molecule has 0 aromatic rings. The van der Waals surface area contributed by atoms with Crippen molar-refractivity contribution in [2.24, 2.45) is 0 Å². The molecule has 15 heavy (non-hydrogen) atoms. The fourth-order valence-electron chi connectivity index (χ4n) is 1.15. The molecule has 0 fully saturated rings. The van der Waals surface area contributed by atoms with Crippen molar-refractivity contribution in [1.82, 2.24) is 9.03 Å². The van der Waals surface area contributed by atoms with E-state index < -0.39 is 10.2 Å². The lowest BCUT2D eigenvalue weighted by molar-refractivity contribution is 0.395. The van der Waals surface area contributed by atoms with Gasteiger partial charge in [0.2, 0.25) is 0 Å². The van der Waals surface area contributed by atoms with Gasteiger partial charge in [-0.15, -0.1) is 0 Å². The van der Waals surface area contributed by atoms with Crippen LogP contribution in [0.3, 0.4) is 0 Å². The molecular formula is C9H21BrN2O2S. The fraction of sp³-hybridized carbons (Fsp3) is 1.00. The Labute approximate surface area is 102 Å². The highest BCUT2D eigenvalue weighted by Crippen LogP contribution is 2.09. The topological polar surface area (TPSA) is 49.4 Å². The van der Waals surface area contributed by atoms with E-state index in [1.54, 1.807) is 7.05 Å². The van der Waals surface area contributed by atoms with Gasteiger partial charge in [0, 0.05) is 24.0 Å². The van der Waals surface area contributed by atoms with E-state index in [1.807, 2.05) is 27.7 Å². The van der Waals surface area contributed by atoms with Gasteiger partial charge in [0.1, 0.15) is 0 Å². The summed E-state index contributed by atoms with van der Waals surface area (Å²) in [6, 6.07) is -0.0957. The first kappa shape index (κ1) is 15.3. The molecule has 0 saturated heterocycles. The summed E-state index contributed by atoms with van der Waals surface area (Å²) in [5.41, 5.74) is 0. The highest BCUT2D eigenvalue weighted by molar-refractivity contribution is 9.09. The minimum atomic E-state index is -3.34. The van der Waals surface area contributed by atoms with E-state index in [2.05, 4.69) is 20.7 Å².